The molecule has 102 valence electrons. The molecule has 0 radical (unpaired) electrons. The summed E-state index contributed by atoms with van der Waals surface area (Å²) in [4.78, 5) is 5.97. The van der Waals surface area contributed by atoms with Gasteiger partial charge in [-0.25, -0.2) is 4.98 Å². The first-order chi connectivity index (χ1) is 9.02. The molecule has 2 nitrogen and oxygen atoms in total. The highest BCUT2D eigenvalue weighted by molar-refractivity contribution is 7.15. The van der Waals surface area contributed by atoms with Crippen molar-refractivity contribution in [3.05, 3.63) is 39.4 Å². The van der Waals surface area contributed by atoms with E-state index >= 15 is 0 Å². The molecule has 0 fully saturated rings. The summed E-state index contributed by atoms with van der Waals surface area (Å²) in [5.74, 6) is 0. The quantitative estimate of drug-likeness (QED) is 0.880. The van der Waals surface area contributed by atoms with Gasteiger partial charge in [-0.05, 0) is 38.9 Å². The molecule has 1 heterocycles. The van der Waals surface area contributed by atoms with Crippen LogP contribution >= 0.6 is 22.9 Å². The van der Waals surface area contributed by atoms with Crippen molar-refractivity contribution < 1.29 is 0 Å². The molecule has 1 atom stereocenters. The van der Waals surface area contributed by atoms with Crippen molar-refractivity contribution >= 4 is 22.9 Å². The van der Waals surface area contributed by atoms with Gasteiger partial charge in [-0.15, -0.1) is 11.3 Å². The van der Waals surface area contributed by atoms with Crippen molar-refractivity contribution in [2.45, 2.75) is 33.7 Å². The number of hydrogen-bond donors (Lipinski definition) is 1. The molecule has 19 heavy (non-hydrogen) atoms. The fourth-order valence-electron chi connectivity index (χ4n) is 2.06. The zero-order valence-corrected chi connectivity index (χ0v) is 13.3. The van der Waals surface area contributed by atoms with Gasteiger partial charge in [-0.3, -0.25) is 0 Å². The van der Waals surface area contributed by atoms with Crippen molar-refractivity contribution in [2.75, 3.05) is 6.54 Å². The van der Waals surface area contributed by atoms with Crippen LogP contribution in [-0.2, 0) is 0 Å². The van der Waals surface area contributed by atoms with E-state index in [2.05, 4.69) is 37.1 Å². The first-order valence-corrected chi connectivity index (χ1v) is 7.69. The van der Waals surface area contributed by atoms with E-state index in [0.29, 0.717) is 6.04 Å². The van der Waals surface area contributed by atoms with Crippen LogP contribution in [0.5, 0.6) is 0 Å². The Labute approximate surface area is 123 Å². The molecule has 0 saturated heterocycles. The van der Waals surface area contributed by atoms with Crippen LogP contribution in [0.25, 0.3) is 10.6 Å². The summed E-state index contributed by atoms with van der Waals surface area (Å²) in [7, 11) is 0. The Balaban J connectivity index is 2.36. The van der Waals surface area contributed by atoms with Crippen LogP contribution in [0.3, 0.4) is 0 Å². The molecular formula is C15H19ClN2S. The normalized spacial score (nSPS) is 12.7. The lowest BCUT2D eigenvalue weighted by Gasteiger charge is -2.09. The molecule has 0 amide bonds. The Bertz CT molecular complexity index is 578. The minimum Gasteiger partial charge on any atom is -0.310 e. The topological polar surface area (TPSA) is 24.9 Å². The molecule has 0 aliphatic rings. The number of rotatable bonds is 4. The number of aryl methyl sites for hydroxylation is 2. The fourth-order valence-corrected chi connectivity index (χ4v) is 3.33. The number of nitrogens with zero attached hydrogens (tertiary/aromatic N) is 1. The second-order valence-corrected chi connectivity index (χ2v) is 6.15. The Morgan fingerprint density at radius 3 is 2.74 bits per heavy atom. The predicted octanol–water partition coefficient (Wildman–Crippen LogP) is 4.75. The molecule has 1 aromatic carbocycles. The standard InChI is InChI=1S/C15H19ClN2S/c1-5-17-10(3)14-11(4)18-15(19-14)12-7-6-9(2)13(16)8-12/h6-8,10,17H,5H2,1-4H3. The summed E-state index contributed by atoms with van der Waals surface area (Å²) < 4.78 is 0. The molecule has 2 aromatic rings. The van der Waals surface area contributed by atoms with Gasteiger partial charge in [0.05, 0.1) is 5.69 Å². The van der Waals surface area contributed by atoms with Crippen LogP contribution in [0.1, 0.15) is 36.0 Å². The van der Waals surface area contributed by atoms with Crippen molar-refractivity contribution in [3.63, 3.8) is 0 Å². The van der Waals surface area contributed by atoms with Crippen LogP contribution in [0.4, 0.5) is 0 Å². The number of aromatic nitrogens is 1. The van der Waals surface area contributed by atoms with E-state index in [9.17, 15) is 0 Å². The maximum absolute atomic E-state index is 6.19. The van der Waals surface area contributed by atoms with Crippen LogP contribution in [-0.4, -0.2) is 11.5 Å². The third-order valence-corrected chi connectivity index (χ3v) is 4.95. The molecule has 0 aliphatic carbocycles. The van der Waals surface area contributed by atoms with Gasteiger partial charge in [-0.2, -0.15) is 0 Å². The minimum atomic E-state index is 0.345. The average molecular weight is 295 g/mol. The second kappa shape index (κ2) is 6.04. The van der Waals surface area contributed by atoms with E-state index < -0.39 is 0 Å². The van der Waals surface area contributed by atoms with Gasteiger partial charge in [0.2, 0.25) is 0 Å². The highest BCUT2D eigenvalue weighted by Gasteiger charge is 2.14. The van der Waals surface area contributed by atoms with Gasteiger partial charge in [-0.1, -0.05) is 30.7 Å². The van der Waals surface area contributed by atoms with Crippen molar-refractivity contribution in [1.29, 1.82) is 0 Å². The molecule has 4 heteroatoms. The van der Waals surface area contributed by atoms with E-state index in [1.165, 1.54) is 4.88 Å². The highest BCUT2D eigenvalue weighted by Crippen LogP contribution is 2.33. The Hall–Kier alpha value is -0.900. The summed E-state index contributed by atoms with van der Waals surface area (Å²) in [6.07, 6.45) is 0. The highest BCUT2D eigenvalue weighted by atomic mass is 35.5. The van der Waals surface area contributed by atoms with E-state index in [-0.39, 0.29) is 0 Å². The molecule has 0 saturated carbocycles. The van der Waals surface area contributed by atoms with Gasteiger partial charge >= 0.3 is 0 Å². The summed E-state index contributed by atoms with van der Waals surface area (Å²) >= 11 is 7.93. The number of hydrogen-bond acceptors (Lipinski definition) is 3. The van der Waals surface area contributed by atoms with Crippen molar-refractivity contribution in [2.24, 2.45) is 0 Å². The Morgan fingerprint density at radius 1 is 1.37 bits per heavy atom. The SMILES string of the molecule is CCNC(C)c1sc(-c2ccc(C)c(Cl)c2)nc1C. The summed E-state index contributed by atoms with van der Waals surface area (Å²) in [5.41, 5.74) is 3.30. The van der Waals surface area contributed by atoms with Gasteiger partial charge in [0.15, 0.2) is 0 Å². The zero-order chi connectivity index (χ0) is 14.0. The van der Waals surface area contributed by atoms with Crippen LogP contribution < -0.4 is 5.32 Å². The maximum Gasteiger partial charge on any atom is 0.123 e. The first-order valence-electron chi connectivity index (χ1n) is 6.50. The molecule has 0 bridgehead atoms. The van der Waals surface area contributed by atoms with Crippen LogP contribution in [0, 0.1) is 13.8 Å². The summed E-state index contributed by atoms with van der Waals surface area (Å²) in [6.45, 7) is 9.34. The minimum absolute atomic E-state index is 0.345. The maximum atomic E-state index is 6.19. The average Bonchev–Trinajstić information content (AvgIpc) is 2.75. The molecule has 1 unspecified atom stereocenters. The molecule has 1 aromatic heterocycles. The lowest BCUT2D eigenvalue weighted by Crippen LogP contribution is -2.17. The molecule has 2 rings (SSSR count). The Kier molecular flexibility index (Phi) is 4.61. The molecular weight excluding hydrogens is 276 g/mol. The van der Waals surface area contributed by atoms with Gasteiger partial charge in [0, 0.05) is 21.5 Å². The second-order valence-electron chi connectivity index (χ2n) is 4.71. The van der Waals surface area contributed by atoms with E-state index in [4.69, 9.17) is 11.6 Å². The monoisotopic (exact) mass is 294 g/mol. The molecule has 0 aliphatic heterocycles. The van der Waals surface area contributed by atoms with Crippen LogP contribution in [0.2, 0.25) is 5.02 Å². The Morgan fingerprint density at radius 2 is 2.11 bits per heavy atom. The molecule has 0 spiro atoms. The summed E-state index contributed by atoms with van der Waals surface area (Å²) in [6, 6.07) is 6.47. The summed E-state index contributed by atoms with van der Waals surface area (Å²) in [5, 5.41) is 5.27. The number of halogens is 1. The lowest BCUT2D eigenvalue weighted by atomic mass is 10.1. The van der Waals surface area contributed by atoms with Gasteiger partial charge in [0.25, 0.3) is 0 Å². The third-order valence-electron chi connectivity index (χ3n) is 3.15. The third kappa shape index (κ3) is 3.16. The number of nitrogens with one attached hydrogen (secondary N) is 1. The van der Waals surface area contributed by atoms with E-state index in [0.717, 1.165) is 33.4 Å². The van der Waals surface area contributed by atoms with Crippen LogP contribution in [0.15, 0.2) is 18.2 Å². The number of thiazole rings is 1. The smallest absolute Gasteiger partial charge is 0.123 e. The first kappa shape index (κ1) is 14.5. The predicted molar refractivity (Wildman–Crippen MR) is 84.1 cm³/mol. The fraction of sp³-hybridized carbons (Fsp3) is 0.400. The molecule has 1 N–H and O–H groups in total. The lowest BCUT2D eigenvalue weighted by molar-refractivity contribution is 0.603. The van der Waals surface area contributed by atoms with Gasteiger partial charge in [0.1, 0.15) is 5.01 Å². The van der Waals surface area contributed by atoms with E-state index in [1.807, 2.05) is 19.1 Å². The van der Waals surface area contributed by atoms with Crippen molar-refractivity contribution in [1.82, 2.24) is 10.3 Å². The number of benzene rings is 1. The van der Waals surface area contributed by atoms with E-state index in [1.54, 1.807) is 11.3 Å². The largest absolute Gasteiger partial charge is 0.310 e. The van der Waals surface area contributed by atoms with Gasteiger partial charge < -0.3 is 5.32 Å². The van der Waals surface area contributed by atoms with Crippen molar-refractivity contribution in [3.8, 4) is 10.6 Å². The zero-order valence-electron chi connectivity index (χ0n) is 11.7.